The van der Waals surface area contributed by atoms with Crippen LogP contribution in [0, 0.1) is 11.3 Å². The minimum absolute atomic E-state index is 0.0239. The number of nitrogens with zero attached hydrogens (tertiary/aromatic N) is 1. The number of aryl methyl sites for hydroxylation is 1. The lowest BCUT2D eigenvalue weighted by Gasteiger charge is -1.99. The van der Waals surface area contributed by atoms with Crippen molar-refractivity contribution >= 4 is 11.6 Å². The van der Waals surface area contributed by atoms with E-state index in [0.29, 0.717) is 11.4 Å². The number of phenolic OH excluding ortho intramolecular Hbond substituents is 1. The van der Waals surface area contributed by atoms with Crippen molar-refractivity contribution in [3.8, 4) is 11.8 Å². The van der Waals surface area contributed by atoms with Crippen LogP contribution in [0.25, 0.3) is 0 Å². The molecule has 0 aliphatic carbocycles. The number of alkyl halides is 1. The van der Waals surface area contributed by atoms with E-state index in [9.17, 15) is 0 Å². The molecule has 0 amide bonds. The van der Waals surface area contributed by atoms with Crippen molar-refractivity contribution in [3.63, 3.8) is 0 Å². The van der Waals surface area contributed by atoms with Crippen LogP contribution in [-0.2, 0) is 6.42 Å². The molecule has 0 saturated carbocycles. The molecule has 3 heteroatoms. The second-order valence-corrected chi connectivity index (χ2v) is 2.78. The zero-order valence-electron chi connectivity index (χ0n) is 6.42. The molecular weight excluding hydrogens is 174 g/mol. The van der Waals surface area contributed by atoms with Crippen molar-refractivity contribution in [2.75, 3.05) is 5.88 Å². The van der Waals surface area contributed by atoms with E-state index in [0.717, 1.165) is 12.0 Å². The van der Waals surface area contributed by atoms with Gasteiger partial charge in [-0.1, -0.05) is 6.07 Å². The van der Waals surface area contributed by atoms with E-state index in [1.165, 1.54) is 6.07 Å². The summed E-state index contributed by atoms with van der Waals surface area (Å²) in [6.45, 7) is 0. The maximum absolute atomic E-state index is 9.15. The molecule has 0 aromatic heterocycles. The Morgan fingerprint density at radius 3 is 2.83 bits per heavy atom. The lowest BCUT2D eigenvalue weighted by molar-refractivity contribution is 0.473. The average molecular weight is 182 g/mol. The lowest BCUT2D eigenvalue weighted by atomic mass is 10.1. The van der Waals surface area contributed by atoms with E-state index >= 15 is 0 Å². The van der Waals surface area contributed by atoms with Crippen molar-refractivity contribution in [1.82, 2.24) is 0 Å². The number of hydrogen-bond donors (Lipinski definition) is 1. The molecule has 0 fully saturated rings. The Kier molecular flexibility index (Phi) is 2.95. The van der Waals surface area contributed by atoms with E-state index in [-0.39, 0.29) is 5.75 Å². The number of aromatic hydroxyl groups is 1. The molecular formula is C9H8ClNO. The summed E-state index contributed by atoms with van der Waals surface area (Å²) in [5.74, 6) is 0.547. The molecule has 0 radical (unpaired) electrons. The molecule has 1 rings (SSSR count). The van der Waals surface area contributed by atoms with Crippen molar-refractivity contribution in [2.24, 2.45) is 0 Å². The topological polar surface area (TPSA) is 44.0 Å². The van der Waals surface area contributed by atoms with Crippen LogP contribution in [0.3, 0.4) is 0 Å². The third-order valence-corrected chi connectivity index (χ3v) is 1.75. The quantitative estimate of drug-likeness (QED) is 0.710. The molecule has 0 aliphatic rings. The summed E-state index contributed by atoms with van der Waals surface area (Å²) >= 11 is 5.53. The minimum atomic E-state index is 0.0239. The SMILES string of the molecule is N#Cc1cc(CCCl)ccc1O. The third-order valence-electron chi connectivity index (χ3n) is 1.56. The Hall–Kier alpha value is -1.20. The molecule has 0 unspecified atom stereocenters. The molecule has 0 atom stereocenters. The zero-order valence-corrected chi connectivity index (χ0v) is 7.17. The summed E-state index contributed by atoms with van der Waals surface area (Å²) in [6, 6.07) is 6.83. The van der Waals surface area contributed by atoms with Gasteiger partial charge in [0.2, 0.25) is 0 Å². The molecule has 1 N–H and O–H groups in total. The summed E-state index contributed by atoms with van der Waals surface area (Å²) in [7, 11) is 0. The number of benzene rings is 1. The number of rotatable bonds is 2. The van der Waals surface area contributed by atoms with Crippen LogP contribution in [0.4, 0.5) is 0 Å². The van der Waals surface area contributed by atoms with Gasteiger partial charge >= 0.3 is 0 Å². The van der Waals surface area contributed by atoms with Gasteiger partial charge in [0.1, 0.15) is 11.8 Å². The van der Waals surface area contributed by atoms with Gasteiger partial charge in [-0.3, -0.25) is 0 Å². The highest BCUT2D eigenvalue weighted by Crippen LogP contribution is 2.17. The van der Waals surface area contributed by atoms with Gasteiger partial charge in [-0.2, -0.15) is 5.26 Å². The fourth-order valence-electron chi connectivity index (χ4n) is 0.937. The largest absolute Gasteiger partial charge is 0.507 e. The summed E-state index contributed by atoms with van der Waals surface area (Å²) in [6.07, 6.45) is 0.719. The molecule has 1 aromatic rings. The molecule has 2 nitrogen and oxygen atoms in total. The molecule has 1 aromatic carbocycles. The van der Waals surface area contributed by atoms with Crippen LogP contribution in [0.5, 0.6) is 5.75 Å². The summed E-state index contributed by atoms with van der Waals surface area (Å²) < 4.78 is 0. The third kappa shape index (κ3) is 1.90. The van der Waals surface area contributed by atoms with E-state index < -0.39 is 0 Å². The molecule has 0 saturated heterocycles. The molecule has 0 bridgehead atoms. The highest BCUT2D eigenvalue weighted by atomic mass is 35.5. The van der Waals surface area contributed by atoms with Crippen molar-refractivity contribution in [1.29, 1.82) is 5.26 Å². The van der Waals surface area contributed by atoms with Crippen LogP contribution in [0.1, 0.15) is 11.1 Å². The standard InChI is InChI=1S/C9H8ClNO/c10-4-3-7-1-2-9(12)8(5-7)6-11/h1-2,5,12H,3-4H2. The fraction of sp³-hybridized carbons (Fsp3) is 0.222. The van der Waals surface area contributed by atoms with E-state index in [2.05, 4.69) is 0 Å². The van der Waals surface area contributed by atoms with Crippen molar-refractivity contribution < 1.29 is 5.11 Å². The zero-order chi connectivity index (χ0) is 8.97. The van der Waals surface area contributed by atoms with Gasteiger partial charge in [-0.15, -0.1) is 11.6 Å². The lowest BCUT2D eigenvalue weighted by Crippen LogP contribution is -1.87. The van der Waals surface area contributed by atoms with Gasteiger partial charge < -0.3 is 5.11 Å². The first kappa shape index (κ1) is 8.89. The molecule has 0 spiro atoms. The molecule has 0 aliphatic heterocycles. The Bertz CT molecular complexity index is 317. The van der Waals surface area contributed by atoms with Gasteiger partial charge in [0.25, 0.3) is 0 Å². The number of nitriles is 1. The predicted molar refractivity (Wildman–Crippen MR) is 47.2 cm³/mol. The molecule has 12 heavy (non-hydrogen) atoms. The number of phenols is 1. The Balaban J connectivity index is 2.99. The first-order chi connectivity index (χ1) is 5.77. The van der Waals surface area contributed by atoms with Crippen molar-refractivity contribution in [2.45, 2.75) is 6.42 Å². The summed E-state index contributed by atoms with van der Waals surface area (Å²) in [5.41, 5.74) is 1.27. The van der Waals surface area contributed by atoms with Gasteiger partial charge in [-0.05, 0) is 24.1 Å². The maximum atomic E-state index is 9.15. The molecule has 62 valence electrons. The van der Waals surface area contributed by atoms with Crippen LogP contribution in [0.2, 0.25) is 0 Å². The second kappa shape index (κ2) is 3.99. The Morgan fingerprint density at radius 1 is 1.50 bits per heavy atom. The van der Waals surface area contributed by atoms with E-state index in [4.69, 9.17) is 22.0 Å². The smallest absolute Gasteiger partial charge is 0.133 e. The highest BCUT2D eigenvalue weighted by molar-refractivity contribution is 6.17. The minimum Gasteiger partial charge on any atom is -0.507 e. The Labute approximate surface area is 76.0 Å². The highest BCUT2D eigenvalue weighted by Gasteiger charge is 2.00. The number of halogens is 1. The normalized spacial score (nSPS) is 9.33. The van der Waals surface area contributed by atoms with Gasteiger partial charge in [0.05, 0.1) is 5.56 Å². The second-order valence-electron chi connectivity index (χ2n) is 2.40. The predicted octanol–water partition coefficient (Wildman–Crippen LogP) is 2.05. The average Bonchev–Trinajstić information content (AvgIpc) is 2.09. The Morgan fingerprint density at radius 2 is 2.25 bits per heavy atom. The van der Waals surface area contributed by atoms with Crippen molar-refractivity contribution in [3.05, 3.63) is 29.3 Å². The first-order valence-electron chi connectivity index (χ1n) is 3.56. The van der Waals surface area contributed by atoms with Crippen LogP contribution in [0.15, 0.2) is 18.2 Å². The first-order valence-corrected chi connectivity index (χ1v) is 4.09. The van der Waals surface area contributed by atoms with E-state index in [1.54, 1.807) is 12.1 Å². The van der Waals surface area contributed by atoms with Crippen LogP contribution < -0.4 is 0 Å². The summed E-state index contributed by atoms with van der Waals surface area (Å²) in [5, 5.41) is 17.7. The maximum Gasteiger partial charge on any atom is 0.133 e. The summed E-state index contributed by atoms with van der Waals surface area (Å²) in [4.78, 5) is 0. The number of hydrogen-bond acceptors (Lipinski definition) is 2. The monoisotopic (exact) mass is 181 g/mol. The van der Waals surface area contributed by atoms with Gasteiger partial charge in [0, 0.05) is 5.88 Å². The van der Waals surface area contributed by atoms with E-state index in [1.807, 2.05) is 6.07 Å². The fourth-order valence-corrected chi connectivity index (χ4v) is 1.16. The van der Waals surface area contributed by atoms with Gasteiger partial charge in [-0.25, -0.2) is 0 Å². The van der Waals surface area contributed by atoms with Crippen LogP contribution in [-0.4, -0.2) is 11.0 Å². The molecule has 0 heterocycles. The van der Waals surface area contributed by atoms with Crippen LogP contribution >= 0.6 is 11.6 Å². The van der Waals surface area contributed by atoms with Gasteiger partial charge in [0.15, 0.2) is 0 Å².